The minimum Gasteiger partial charge on any atom is -0.339 e. The molecule has 0 aliphatic carbocycles. The summed E-state index contributed by atoms with van der Waals surface area (Å²) in [5.41, 5.74) is 2.52. The number of benzene rings is 2. The SMILES string of the molecule is CC(C)N(Cc1ccccc1)c1nccc(Nc2ccccc2C#N)n1. The summed E-state index contributed by atoms with van der Waals surface area (Å²) >= 11 is 0. The van der Waals surface area contributed by atoms with E-state index < -0.39 is 0 Å². The molecule has 130 valence electrons. The average Bonchev–Trinajstić information content (AvgIpc) is 2.67. The van der Waals surface area contributed by atoms with E-state index in [4.69, 9.17) is 0 Å². The van der Waals surface area contributed by atoms with Gasteiger partial charge in [-0.3, -0.25) is 0 Å². The van der Waals surface area contributed by atoms with Gasteiger partial charge in [0.15, 0.2) is 0 Å². The third-order valence-electron chi connectivity index (χ3n) is 4.03. The van der Waals surface area contributed by atoms with Gasteiger partial charge in [-0.25, -0.2) is 4.98 Å². The summed E-state index contributed by atoms with van der Waals surface area (Å²) in [6, 6.07) is 21.9. The number of para-hydroxylation sites is 1. The first-order chi connectivity index (χ1) is 12.7. The Morgan fingerprint density at radius 2 is 1.77 bits per heavy atom. The molecule has 0 saturated heterocycles. The molecular weight excluding hydrogens is 322 g/mol. The van der Waals surface area contributed by atoms with E-state index in [0.717, 1.165) is 12.2 Å². The largest absolute Gasteiger partial charge is 0.339 e. The van der Waals surface area contributed by atoms with E-state index in [-0.39, 0.29) is 6.04 Å². The summed E-state index contributed by atoms with van der Waals surface area (Å²) < 4.78 is 0. The summed E-state index contributed by atoms with van der Waals surface area (Å²) in [6.45, 7) is 4.98. The van der Waals surface area contributed by atoms with Gasteiger partial charge in [0, 0.05) is 18.8 Å². The predicted molar refractivity (Wildman–Crippen MR) is 104 cm³/mol. The molecule has 0 spiro atoms. The first-order valence-electron chi connectivity index (χ1n) is 8.57. The summed E-state index contributed by atoms with van der Waals surface area (Å²) in [6.07, 6.45) is 1.74. The zero-order valence-corrected chi connectivity index (χ0v) is 14.9. The van der Waals surface area contributed by atoms with Crippen LogP contribution in [0, 0.1) is 11.3 Å². The van der Waals surface area contributed by atoms with Gasteiger partial charge in [0.25, 0.3) is 0 Å². The fourth-order valence-corrected chi connectivity index (χ4v) is 2.65. The normalized spacial score (nSPS) is 10.4. The molecule has 3 rings (SSSR count). The molecule has 0 amide bonds. The Kier molecular flexibility index (Phi) is 5.45. The fraction of sp³-hybridized carbons (Fsp3) is 0.190. The summed E-state index contributed by atoms with van der Waals surface area (Å²) in [7, 11) is 0. The van der Waals surface area contributed by atoms with E-state index >= 15 is 0 Å². The molecule has 2 aromatic carbocycles. The van der Waals surface area contributed by atoms with Crippen LogP contribution in [0.2, 0.25) is 0 Å². The molecule has 0 bridgehead atoms. The highest BCUT2D eigenvalue weighted by atomic mass is 15.3. The third-order valence-corrected chi connectivity index (χ3v) is 4.03. The van der Waals surface area contributed by atoms with E-state index in [1.807, 2.05) is 36.4 Å². The molecule has 3 aromatic rings. The first-order valence-corrected chi connectivity index (χ1v) is 8.57. The van der Waals surface area contributed by atoms with Gasteiger partial charge in [-0.05, 0) is 37.6 Å². The van der Waals surface area contributed by atoms with E-state index in [2.05, 4.69) is 52.2 Å². The molecule has 1 N–H and O–H groups in total. The molecule has 1 heterocycles. The van der Waals surface area contributed by atoms with Crippen LogP contribution in [0.1, 0.15) is 25.0 Å². The topological polar surface area (TPSA) is 64.8 Å². The molecule has 0 aliphatic rings. The molecule has 0 saturated carbocycles. The molecule has 5 heteroatoms. The second-order valence-corrected chi connectivity index (χ2v) is 6.23. The quantitative estimate of drug-likeness (QED) is 0.713. The highest BCUT2D eigenvalue weighted by Crippen LogP contribution is 2.21. The molecule has 0 aliphatic heterocycles. The van der Waals surface area contributed by atoms with Gasteiger partial charge < -0.3 is 10.2 Å². The van der Waals surface area contributed by atoms with E-state index in [1.165, 1.54) is 5.56 Å². The molecule has 26 heavy (non-hydrogen) atoms. The monoisotopic (exact) mass is 343 g/mol. The van der Waals surface area contributed by atoms with Crippen LogP contribution in [0.25, 0.3) is 0 Å². The van der Waals surface area contributed by atoms with Gasteiger partial charge in [0.05, 0.1) is 11.3 Å². The maximum atomic E-state index is 9.25. The van der Waals surface area contributed by atoms with Gasteiger partial charge in [-0.2, -0.15) is 10.2 Å². The number of nitrogens with zero attached hydrogens (tertiary/aromatic N) is 4. The van der Waals surface area contributed by atoms with Gasteiger partial charge in [0.1, 0.15) is 11.9 Å². The van der Waals surface area contributed by atoms with Crippen molar-refractivity contribution in [3.63, 3.8) is 0 Å². The van der Waals surface area contributed by atoms with Crippen molar-refractivity contribution in [1.82, 2.24) is 9.97 Å². The van der Waals surface area contributed by atoms with Gasteiger partial charge in [0.2, 0.25) is 5.95 Å². The van der Waals surface area contributed by atoms with Gasteiger partial charge >= 0.3 is 0 Å². The smallest absolute Gasteiger partial charge is 0.227 e. The molecule has 0 atom stereocenters. The van der Waals surface area contributed by atoms with Crippen molar-refractivity contribution in [3.8, 4) is 6.07 Å². The van der Waals surface area contributed by atoms with E-state index in [1.54, 1.807) is 18.3 Å². The van der Waals surface area contributed by atoms with Crippen LogP contribution in [0.15, 0.2) is 66.9 Å². The van der Waals surface area contributed by atoms with Crippen molar-refractivity contribution in [2.24, 2.45) is 0 Å². The van der Waals surface area contributed by atoms with Gasteiger partial charge in [-0.15, -0.1) is 0 Å². The van der Waals surface area contributed by atoms with Crippen LogP contribution in [-0.2, 0) is 6.54 Å². The van der Waals surface area contributed by atoms with Crippen molar-refractivity contribution in [1.29, 1.82) is 5.26 Å². The molecule has 5 nitrogen and oxygen atoms in total. The number of anilines is 3. The highest BCUT2D eigenvalue weighted by Gasteiger charge is 2.15. The van der Waals surface area contributed by atoms with Crippen LogP contribution in [-0.4, -0.2) is 16.0 Å². The van der Waals surface area contributed by atoms with E-state index in [0.29, 0.717) is 17.3 Å². The van der Waals surface area contributed by atoms with Gasteiger partial charge in [-0.1, -0.05) is 42.5 Å². The minimum atomic E-state index is 0.247. The number of aromatic nitrogens is 2. The van der Waals surface area contributed by atoms with Crippen molar-refractivity contribution in [2.45, 2.75) is 26.4 Å². The Morgan fingerprint density at radius 1 is 1.04 bits per heavy atom. The third kappa shape index (κ3) is 4.17. The molecule has 0 radical (unpaired) electrons. The van der Waals surface area contributed by atoms with Crippen molar-refractivity contribution >= 4 is 17.5 Å². The Labute approximate surface area is 154 Å². The number of nitriles is 1. The summed E-state index contributed by atoms with van der Waals surface area (Å²) in [5, 5.41) is 12.5. The number of nitrogens with one attached hydrogen (secondary N) is 1. The molecular formula is C21H21N5. The second kappa shape index (κ2) is 8.13. The number of hydrogen-bond acceptors (Lipinski definition) is 5. The Bertz CT molecular complexity index is 900. The lowest BCUT2D eigenvalue weighted by Gasteiger charge is -2.27. The lowest BCUT2D eigenvalue weighted by molar-refractivity contribution is 0.661. The lowest BCUT2D eigenvalue weighted by atomic mass is 10.2. The lowest BCUT2D eigenvalue weighted by Crippen LogP contribution is -2.31. The van der Waals surface area contributed by atoms with Crippen molar-refractivity contribution in [3.05, 3.63) is 78.0 Å². The molecule has 1 aromatic heterocycles. The maximum Gasteiger partial charge on any atom is 0.227 e. The van der Waals surface area contributed by atoms with Crippen LogP contribution in [0.4, 0.5) is 17.5 Å². The molecule has 0 unspecified atom stereocenters. The molecule has 0 fully saturated rings. The fourth-order valence-electron chi connectivity index (χ4n) is 2.65. The Hall–Kier alpha value is -3.39. The maximum absolute atomic E-state index is 9.25. The highest BCUT2D eigenvalue weighted by molar-refractivity contribution is 5.64. The van der Waals surface area contributed by atoms with Crippen LogP contribution in [0.5, 0.6) is 0 Å². The standard InChI is InChI=1S/C21H21N5/c1-16(2)26(15-17-8-4-3-5-9-17)21-23-13-12-20(25-21)24-19-11-7-6-10-18(19)14-22/h3-13,16H,15H2,1-2H3,(H,23,24,25). The average molecular weight is 343 g/mol. The van der Waals surface area contributed by atoms with Crippen LogP contribution >= 0.6 is 0 Å². The van der Waals surface area contributed by atoms with Crippen LogP contribution < -0.4 is 10.2 Å². The van der Waals surface area contributed by atoms with Crippen molar-refractivity contribution < 1.29 is 0 Å². The summed E-state index contributed by atoms with van der Waals surface area (Å²) in [5.74, 6) is 1.32. The zero-order valence-electron chi connectivity index (χ0n) is 14.9. The van der Waals surface area contributed by atoms with Crippen LogP contribution in [0.3, 0.4) is 0 Å². The Balaban J connectivity index is 1.86. The Morgan fingerprint density at radius 3 is 2.50 bits per heavy atom. The number of hydrogen-bond donors (Lipinski definition) is 1. The zero-order chi connectivity index (χ0) is 18.4. The summed E-state index contributed by atoms with van der Waals surface area (Å²) in [4.78, 5) is 11.3. The second-order valence-electron chi connectivity index (χ2n) is 6.23. The van der Waals surface area contributed by atoms with E-state index in [9.17, 15) is 5.26 Å². The number of rotatable bonds is 6. The van der Waals surface area contributed by atoms with Crippen molar-refractivity contribution in [2.75, 3.05) is 10.2 Å². The first kappa shape index (κ1) is 17.4. The minimum absolute atomic E-state index is 0.247. The predicted octanol–water partition coefficient (Wildman–Crippen LogP) is 4.51.